The molecular weight excluding hydrogens is 406 g/mol. The fourth-order valence-corrected chi connectivity index (χ4v) is 4.08. The van der Waals surface area contributed by atoms with Gasteiger partial charge in [-0.2, -0.15) is 14.4 Å². The number of benzene rings is 1. The van der Waals surface area contributed by atoms with E-state index in [0.29, 0.717) is 22.8 Å². The Bertz CT molecular complexity index is 948. The fourth-order valence-electron chi connectivity index (χ4n) is 2.53. The summed E-state index contributed by atoms with van der Waals surface area (Å²) in [6.45, 7) is 4.29. The molecule has 3 aromatic rings. The van der Waals surface area contributed by atoms with E-state index in [4.69, 9.17) is 0 Å². The zero-order valence-electron chi connectivity index (χ0n) is 14.1. The van der Waals surface area contributed by atoms with E-state index in [9.17, 15) is 8.76 Å². The molecule has 1 unspecified atom stereocenters. The number of hydrogen-bond acceptors (Lipinski definition) is 3. The molecule has 0 spiro atoms. The number of nitrogens with one attached hydrogen (secondary N) is 1. The van der Waals surface area contributed by atoms with Crippen LogP contribution in [-0.4, -0.2) is 23.9 Å². The molecule has 2 aromatic heterocycles. The van der Waals surface area contributed by atoms with Gasteiger partial charge in [-0.15, -0.1) is 0 Å². The van der Waals surface area contributed by atoms with Gasteiger partial charge in [0.25, 0.3) is 0 Å². The predicted octanol–water partition coefficient (Wildman–Crippen LogP) is 3.40. The van der Waals surface area contributed by atoms with Crippen molar-refractivity contribution in [3.63, 3.8) is 0 Å². The maximum Gasteiger partial charge on any atom is 0.346 e. The SMILES string of the molecule is Cc1nn(C)c(C)c1N[S+](=O)(O)c1ccc(Cn2cnc(Br)c2)cc1. The molecule has 0 fully saturated rings. The summed E-state index contributed by atoms with van der Waals surface area (Å²) < 4.78 is 30.3. The summed E-state index contributed by atoms with van der Waals surface area (Å²) in [5.74, 6) is 0. The van der Waals surface area contributed by atoms with Gasteiger partial charge in [0.05, 0.1) is 17.7 Å². The van der Waals surface area contributed by atoms with Gasteiger partial charge in [-0.1, -0.05) is 12.1 Å². The highest BCUT2D eigenvalue weighted by molar-refractivity contribution is 9.10. The molecule has 1 atom stereocenters. The van der Waals surface area contributed by atoms with E-state index in [1.807, 2.05) is 29.8 Å². The third-order valence-corrected chi connectivity index (χ3v) is 5.76. The minimum Gasteiger partial charge on any atom is -0.332 e. The van der Waals surface area contributed by atoms with Crippen molar-refractivity contribution < 1.29 is 8.76 Å². The average Bonchev–Trinajstić information content (AvgIpc) is 3.06. The number of aryl methyl sites for hydroxylation is 2. The summed E-state index contributed by atoms with van der Waals surface area (Å²) in [7, 11) is -1.61. The molecule has 0 saturated carbocycles. The molecule has 132 valence electrons. The van der Waals surface area contributed by atoms with E-state index in [2.05, 4.69) is 30.7 Å². The predicted molar refractivity (Wildman–Crippen MR) is 101 cm³/mol. The van der Waals surface area contributed by atoms with E-state index in [1.165, 1.54) is 0 Å². The number of halogens is 1. The van der Waals surface area contributed by atoms with Gasteiger partial charge < -0.3 is 4.57 Å². The zero-order chi connectivity index (χ0) is 18.2. The largest absolute Gasteiger partial charge is 0.346 e. The number of imidazole rings is 1. The minimum absolute atomic E-state index is 0.325. The topological polar surface area (TPSA) is 85.0 Å². The lowest BCUT2D eigenvalue weighted by atomic mass is 10.2. The summed E-state index contributed by atoms with van der Waals surface area (Å²) in [5, 5.41) is 4.26. The Morgan fingerprint density at radius 2 is 1.96 bits per heavy atom. The van der Waals surface area contributed by atoms with Crippen molar-refractivity contribution in [3.8, 4) is 0 Å². The first-order chi connectivity index (χ1) is 11.8. The van der Waals surface area contributed by atoms with Crippen LogP contribution in [-0.2, 0) is 28.2 Å². The lowest BCUT2D eigenvalue weighted by molar-refractivity contribution is 0.502. The van der Waals surface area contributed by atoms with E-state index in [1.54, 1.807) is 37.1 Å². The fraction of sp³-hybridized carbons (Fsp3) is 0.250. The first-order valence-corrected chi connectivity index (χ1v) is 9.88. The molecular formula is C16H19BrN5O2S+. The lowest BCUT2D eigenvalue weighted by Gasteiger charge is -2.08. The van der Waals surface area contributed by atoms with Gasteiger partial charge in [-0.05, 0) is 51.7 Å². The summed E-state index contributed by atoms with van der Waals surface area (Å²) in [4.78, 5) is 4.44. The Hall–Kier alpha value is -1.97. The Morgan fingerprint density at radius 3 is 2.48 bits per heavy atom. The van der Waals surface area contributed by atoms with Crippen LogP contribution in [0.3, 0.4) is 0 Å². The summed E-state index contributed by atoms with van der Waals surface area (Å²) in [6, 6.07) is 7.00. The highest BCUT2D eigenvalue weighted by atomic mass is 79.9. The molecule has 2 heterocycles. The van der Waals surface area contributed by atoms with Crippen LogP contribution in [0.2, 0.25) is 0 Å². The molecule has 0 aliphatic heterocycles. The van der Waals surface area contributed by atoms with Crippen molar-refractivity contribution in [1.82, 2.24) is 19.3 Å². The number of hydrogen-bond donors (Lipinski definition) is 2. The van der Waals surface area contributed by atoms with Crippen molar-refractivity contribution in [3.05, 3.63) is 58.3 Å². The highest BCUT2D eigenvalue weighted by Crippen LogP contribution is 2.25. The van der Waals surface area contributed by atoms with Crippen LogP contribution in [0.25, 0.3) is 0 Å². The van der Waals surface area contributed by atoms with Gasteiger partial charge in [0.1, 0.15) is 10.3 Å². The smallest absolute Gasteiger partial charge is 0.332 e. The van der Waals surface area contributed by atoms with Crippen LogP contribution in [0.4, 0.5) is 5.69 Å². The first kappa shape index (κ1) is 17.8. The second-order valence-electron chi connectivity index (χ2n) is 5.81. The Morgan fingerprint density at radius 1 is 1.28 bits per heavy atom. The normalized spacial score (nSPS) is 13.6. The second kappa shape index (κ2) is 6.74. The zero-order valence-corrected chi connectivity index (χ0v) is 16.5. The van der Waals surface area contributed by atoms with Gasteiger partial charge in [0, 0.05) is 19.8 Å². The van der Waals surface area contributed by atoms with Crippen molar-refractivity contribution in [2.75, 3.05) is 4.72 Å². The monoisotopic (exact) mass is 424 g/mol. The molecule has 2 N–H and O–H groups in total. The van der Waals surface area contributed by atoms with E-state index in [-0.39, 0.29) is 0 Å². The van der Waals surface area contributed by atoms with Crippen molar-refractivity contribution in [1.29, 1.82) is 0 Å². The van der Waals surface area contributed by atoms with Crippen molar-refractivity contribution in [2.24, 2.45) is 7.05 Å². The molecule has 0 radical (unpaired) electrons. The Labute approximate surface area is 155 Å². The number of anilines is 1. The van der Waals surface area contributed by atoms with Crippen LogP contribution in [0.1, 0.15) is 17.0 Å². The molecule has 0 amide bonds. The summed E-state index contributed by atoms with van der Waals surface area (Å²) in [5.41, 5.74) is 3.09. The molecule has 0 bridgehead atoms. The molecule has 0 aliphatic carbocycles. The van der Waals surface area contributed by atoms with Crippen LogP contribution >= 0.6 is 15.9 Å². The third-order valence-electron chi connectivity index (χ3n) is 3.96. The second-order valence-corrected chi connectivity index (χ2v) is 8.35. The molecule has 7 nitrogen and oxygen atoms in total. The number of nitrogens with zero attached hydrogens (tertiary/aromatic N) is 4. The van der Waals surface area contributed by atoms with Crippen LogP contribution in [0.5, 0.6) is 0 Å². The number of aromatic nitrogens is 4. The van der Waals surface area contributed by atoms with Gasteiger partial charge in [0.15, 0.2) is 0 Å². The van der Waals surface area contributed by atoms with Crippen LogP contribution in [0, 0.1) is 13.8 Å². The highest BCUT2D eigenvalue weighted by Gasteiger charge is 2.31. The average molecular weight is 425 g/mol. The first-order valence-electron chi connectivity index (χ1n) is 7.57. The molecule has 0 saturated heterocycles. The minimum atomic E-state index is -3.41. The van der Waals surface area contributed by atoms with Crippen LogP contribution in [0.15, 0.2) is 46.3 Å². The third kappa shape index (κ3) is 3.83. The lowest BCUT2D eigenvalue weighted by Crippen LogP contribution is -2.21. The van der Waals surface area contributed by atoms with Gasteiger partial charge in [-0.25, -0.2) is 4.98 Å². The van der Waals surface area contributed by atoms with Crippen molar-refractivity contribution in [2.45, 2.75) is 25.3 Å². The Balaban J connectivity index is 1.79. The van der Waals surface area contributed by atoms with E-state index < -0.39 is 10.4 Å². The van der Waals surface area contributed by atoms with E-state index >= 15 is 0 Å². The van der Waals surface area contributed by atoms with Gasteiger partial charge in [0.2, 0.25) is 4.90 Å². The Kier molecular flexibility index (Phi) is 4.81. The standard InChI is InChI=1S/C16H18BrN5O2S/c1-11-16(12(2)21(3)19-11)20-25(23,24)14-6-4-13(5-7-14)8-22-9-15(17)18-10-22/h4-7,9-10H,8H2,1-3H3,(H-,20,23,24)/p+1. The van der Waals surface area contributed by atoms with Crippen molar-refractivity contribution >= 4 is 32.0 Å². The molecule has 3 rings (SSSR count). The number of rotatable bonds is 5. The van der Waals surface area contributed by atoms with Gasteiger partial charge >= 0.3 is 10.4 Å². The molecule has 9 heteroatoms. The van der Waals surface area contributed by atoms with Crippen LogP contribution < -0.4 is 4.72 Å². The summed E-state index contributed by atoms with van der Waals surface area (Å²) in [6.07, 6.45) is 3.60. The van der Waals surface area contributed by atoms with E-state index in [0.717, 1.165) is 15.9 Å². The molecule has 1 aromatic carbocycles. The molecule has 0 aliphatic rings. The maximum atomic E-state index is 12.7. The van der Waals surface area contributed by atoms with Gasteiger partial charge in [-0.3, -0.25) is 4.68 Å². The maximum absolute atomic E-state index is 12.7. The molecule has 25 heavy (non-hydrogen) atoms. The summed E-state index contributed by atoms with van der Waals surface area (Å²) >= 11 is 3.31. The quantitative estimate of drug-likeness (QED) is 0.614.